The van der Waals surface area contributed by atoms with Crippen molar-refractivity contribution in [3.63, 3.8) is 0 Å². The molecule has 0 aliphatic carbocycles. The van der Waals surface area contributed by atoms with Crippen molar-refractivity contribution >= 4 is 62.2 Å². The average molecular weight is 618 g/mol. The van der Waals surface area contributed by atoms with Crippen LogP contribution in [0.4, 0.5) is 28.4 Å². The van der Waals surface area contributed by atoms with Gasteiger partial charge in [-0.05, 0) is 91.0 Å². The van der Waals surface area contributed by atoms with Gasteiger partial charge in [0.25, 0.3) is 0 Å². The van der Waals surface area contributed by atoms with Crippen LogP contribution in [0.1, 0.15) is 20.7 Å². The number of esters is 2. The molecule has 7 rings (SSSR count). The van der Waals surface area contributed by atoms with Crippen LogP contribution < -0.4 is 25.8 Å². The molecule has 2 aromatic heterocycles. The van der Waals surface area contributed by atoms with Crippen LogP contribution in [-0.4, -0.2) is 21.9 Å². The zero-order valence-electron chi connectivity index (χ0n) is 24.9. The summed E-state index contributed by atoms with van der Waals surface area (Å²) in [5.74, 6) is -0.655. The monoisotopic (exact) mass is 617 g/mol. The molecule has 9 nitrogen and oxygen atoms in total. The summed E-state index contributed by atoms with van der Waals surface area (Å²) in [5.41, 5.74) is 16.4. The molecule has 7 aromatic rings. The van der Waals surface area contributed by atoms with E-state index < -0.39 is 11.9 Å². The van der Waals surface area contributed by atoms with Crippen molar-refractivity contribution in [2.75, 3.05) is 16.4 Å². The number of hydrogen-bond donors (Lipinski definition) is 2. The number of hydrogen-bond acceptors (Lipinski definition) is 9. The molecular formula is C38H27N5O4. The number of nitrogens with two attached hydrogens (primary N) is 2. The number of rotatable bonds is 7. The Balaban J connectivity index is 1.36. The standard InChI is InChI=1S/C38H27N5O4/c39-27-12-16-29(17-13-27)43(30-18-14-28(40)15-19-30)32-23-26(37(44)46-33-9-1-5-24-7-3-21-41-35(24)33)11-20-31(32)38(45)47-34-10-2-6-25-8-4-22-42-36(25)34/h1-23H,39-40H2. The molecule has 0 unspecified atom stereocenters. The molecule has 2 heterocycles. The van der Waals surface area contributed by atoms with Gasteiger partial charge in [0.15, 0.2) is 11.5 Å². The molecule has 228 valence electrons. The SMILES string of the molecule is Nc1ccc(N(c2ccc(N)cc2)c2cc(C(=O)Oc3cccc4cccnc34)ccc2C(=O)Oc2cccc3cccnc23)cc1. The van der Waals surface area contributed by atoms with E-state index in [2.05, 4.69) is 9.97 Å². The van der Waals surface area contributed by atoms with E-state index >= 15 is 0 Å². The molecule has 0 spiro atoms. The fourth-order valence-corrected chi connectivity index (χ4v) is 5.32. The Labute approximate surface area is 269 Å². The number of fused-ring (bicyclic) bond motifs is 2. The van der Waals surface area contributed by atoms with Crippen LogP contribution in [0.5, 0.6) is 11.5 Å². The fraction of sp³-hybridized carbons (Fsp3) is 0. The third-order valence-electron chi connectivity index (χ3n) is 7.59. The number of benzene rings is 5. The molecule has 0 aliphatic heterocycles. The first-order valence-corrected chi connectivity index (χ1v) is 14.7. The summed E-state index contributed by atoms with van der Waals surface area (Å²) in [4.78, 5) is 38.4. The third-order valence-corrected chi connectivity index (χ3v) is 7.59. The first kappa shape index (κ1) is 29.0. The highest BCUT2D eigenvalue weighted by molar-refractivity contribution is 6.04. The highest BCUT2D eigenvalue weighted by atomic mass is 16.5. The second-order valence-electron chi connectivity index (χ2n) is 10.7. The van der Waals surface area contributed by atoms with Crippen LogP contribution >= 0.6 is 0 Å². The maximum atomic E-state index is 14.0. The third kappa shape index (κ3) is 5.88. The first-order chi connectivity index (χ1) is 22.9. The van der Waals surface area contributed by atoms with Gasteiger partial charge in [0.1, 0.15) is 11.0 Å². The number of carbonyl (C=O) groups excluding carboxylic acids is 2. The number of aromatic nitrogens is 2. The number of carbonyl (C=O) groups is 2. The maximum Gasteiger partial charge on any atom is 0.345 e. The van der Waals surface area contributed by atoms with Crippen LogP contribution in [-0.2, 0) is 0 Å². The Hall–Kier alpha value is -6.74. The highest BCUT2D eigenvalue weighted by Crippen LogP contribution is 2.39. The van der Waals surface area contributed by atoms with Crippen molar-refractivity contribution in [2.24, 2.45) is 0 Å². The predicted octanol–water partition coefficient (Wildman–Crippen LogP) is 7.86. The van der Waals surface area contributed by atoms with Crippen molar-refractivity contribution < 1.29 is 19.1 Å². The van der Waals surface area contributed by atoms with E-state index in [1.807, 2.05) is 65.6 Å². The van der Waals surface area contributed by atoms with Crippen LogP contribution in [0.15, 0.2) is 140 Å². The minimum atomic E-state index is -0.646. The van der Waals surface area contributed by atoms with Gasteiger partial charge >= 0.3 is 11.9 Å². The molecule has 9 heteroatoms. The van der Waals surface area contributed by atoms with E-state index in [0.29, 0.717) is 51.0 Å². The molecule has 0 saturated carbocycles. The summed E-state index contributed by atoms with van der Waals surface area (Å²) in [7, 11) is 0. The molecule has 4 N–H and O–H groups in total. The Morgan fingerprint density at radius 3 is 1.57 bits per heavy atom. The molecule has 0 atom stereocenters. The number of nitrogen functional groups attached to an aromatic ring is 2. The largest absolute Gasteiger partial charge is 0.421 e. The molecule has 0 saturated heterocycles. The van der Waals surface area contributed by atoms with Crippen molar-refractivity contribution in [3.05, 3.63) is 151 Å². The lowest BCUT2D eigenvalue weighted by molar-refractivity contribution is 0.0723. The lowest BCUT2D eigenvalue weighted by Crippen LogP contribution is -2.19. The maximum absolute atomic E-state index is 14.0. The van der Waals surface area contributed by atoms with E-state index in [4.69, 9.17) is 20.9 Å². The molecule has 0 amide bonds. The van der Waals surface area contributed by atoms with Crippen molar-refractivity contribution in [3.8, 4) is 11.5 Å². The Bertz CT molecular complexity index is 2210. The molecule has 0 aliphatic rings. The topological polar surface area (TPSA) is 134 Å². The predicted molar refractivity (Wildman–Crippen MR) is 183 cm³/mol. The molecule has 0 bridgehead atoms. The molecule has 47 heavy (non-hydrogen) atoms. The lowest BCUT2D eigenvalue weighted by Gasteiger charge is -2.28. The number of para-hydroxylation sites is 2. The van der Waals surface area contributed by atoms with Crippen LogP contribution in [0, 0.1) is 0 Å². The number of anilines is 5. The molecular weight excluding hydrogens is 590 g/mol. The van der Waals surface area contributed by atoms with Gasteiger partial charge in [-0.1, -0.05) is 36.4 Å². The van der Waals surface area contributed by atoms with Gasteiger partial charge in [-0.3, -0.25) is 9.97 Å². The van der Waals surface area contributed by atoms with Gasteiger partial charge in [0.05, 0.1) is 16.8 Å². The summed E-state index contributed by atoms with van der Waals surface area (Å²) < 4.78 is 11.8. The van der Waals surface area contributed by atoms with Gasteiger partial charge < -0.3 is 25.8 Å². The normalized spacial score (nSPS) is 10.9. The van der Waals surface area contributed by atoms with Gasteiger partial charge in [-0.15, -0.1) is 0 Å². The van der Waals surface area contributed by atoms with Gasteiger partial charge in [-0.2, -0.15) is 0 Å². The van der Waals surface area contributed by atoms with Crippen LogP contribution in [0.3, 0.4) is 0 Å². The second kappa shape index (κ2) is 12.3. The summed E-state index contributed by atoms with van der Waals surface area (Å²) in [5, 5.41) is 1.65. The Morgan fingerprint density at radius 1 is 0.553 bits per heavy atom. The first-order valence-electron chi connectivity index (χ1n) is 14.7. The zero-order valence-corrected chi connectivity index (χ0v) is 24.9. The number of nitrogens with zero attached hydrogens (tertiary/aromatic N) is 3. The fourth-order valence-electron chi connectivity index (χ4n) is 5.32. The summed E-state index contributed by atoms with van der Waals surface area (Å²) in [6, 6.07) is 37.2. The van der Waals surface area contributed by atoms with E-state index in [0.717, 1.165) is 10.8 Å². The minimum Gasteiger partial charge on any atom is -0.421 e. The Kier molecular flexibility index (Phi) is 7.61. The zero-order chi connectivity index (χ0) is 32.3. The van der Waals surface area contributed by atoms with E-state index in [1.54, 1.807) is 73.1 Å². The van der Waals surface area contributed by atoms with Gasteiger partial charge in [0, 0.05) is 45.9 Å². The van der Waals surface area contributed by atoms with E-state index in [-0.39, 0.29) is 11.1 Å². The summed E-state index contributed by atoms with van der Waals surface area (Å²) in [6.45, 7) is 0. The summed E-state index contributed by atoms with van der Waals surface area (Å²) in [6.07, 6.45) is 3.28. The number of pyridine rings is 2. The van der Waals surface area contributed by atoms with Crippen molar-refractivity contribution in [2.45, 2.75) is 0 Å². The number of ether oxygens (including phenoxy) is 2. The molecule has 5 aromatic carbocycles. The van der Waals surface area contributed by atoms with E-state index in [1.165, 1.54) is 6.07 Å². The van der Waals surface area contributed by atoms with Crippen molar-refractivity contribution in [1.82, 2.24) is 9.97 Å². The van der Waals surface area contributed by atoms with E-state index in [9.17, 15) is 9.59 Å². The smallest absolute Gasteiger partial charge is 0.345 e. The van der Waals surface area contributed by atoms with Gasteiger partial charge in [0.2, 0.25) is 0 Å². The highest BCUT2D eigenvalue weighted by Gasteiger charge is 2.25. The molecule has 0 fully saturated rings. The minimum absolute atomic E-state index is 0.190. The average Bonchev–Trinajstić information content (AvgIpc) is 3.10. The summed E-state index contributed by atoms with van der Waals surface area (Å²) >= 11 is 0. The molecule has 0 radical (unpaired) electrons. The van der Waals surface area contributed by atoms with Crippen molar-refractivity contribution in [1.29, 1.82) is 0 Å². The van der Waals surface area contributed by atoms with Gasteiger partial charge in [-0.25, -0.2) is 9.59 Å². The lowest BCUT2D eigenvalue weighted by atomic mass is 10.1. The second-order valence-corrected chi connectivity index (χ2v) is 10.7. The van der Waals surface area contributed by atoms with Crippen LogP contribution in [0.25, 0.3) is 21.8 Å². The van der Waals surface area contributed by atoms with Crippen LogP contribution in [0.2, 0.25) is 0 Å². The Morgan fingerprint density at radius 2 is 1.04 bits per heavy atom. The quantitative estimate of drug-likeness (QED) is 0.104.